The highest BCUT2D eigenvalue weighted by Gasteiger charge is 2.32. The number of piperazine rings is 1. The van der Waals surface area contributed by atoms with Crippen molar-refractivity contribution in [1.82, 2.24) is 14.1 Å². The fourth-order valence-corrected chi connectivity index (χ4v) is 5.81. The Morgan fingerprint density at radius 1 is 0.892 bits per heavy atom. The molecule has 4 aromatic rings. The molecule has 3 aromatic carbocycles. The quantitative estimate of drug-likeness (QED) is 0.326. The molecule has 7 nitrogen and oxygen atoms in total. The van der Waals surface area contributed by atoms with Crippen LogP contribution in [0.2, 0.25) is 0 Å². The van der Waals surface area contributed by atoms with Gasteiger partial charge in [-0.15, -0.1) is 4.31 Å². The van der Waals surface area contributed by atoms with Gasteiger partial charge in [-0.2, -0.15) is 9.78 Å². The van der Waals surface area contributed by atoms with Crippen LogP contribution in [0.5, 0.6) is 5.75 Å². The molecule has 0 bridgehead atoms. The molecule has 37 heavy (non-hydrogen) atoms. The first kappa shape index (κ1) is 25.1. The molecule has 2 atom stereocenters. The highest BCUT2D eigenvalue weighted by atomic mass is 32.2. The second-order valence-electron chi connectivity index (χ2n) is 8.93. The molecule has 2 heterocycles. The van der Waals surface area contributed by atoms with Crippen molar-refractivity contribution in [1.29, 1.82) is 0 Å². The zero-order valence-corrected chi connectivity index (χ0v) is 21.6. The molecule has 1 saturated heterocycles. The third-order valence-electron chi connectivity index (χ3n) is 6.55. The fourth-order valence-electron chi connectivity index (χ4n) is 4.45. The van der Waals surface area contributed by atoms with Crippen LogP contribution in [0.25, 0.3) is 5.69 Å². The Bertz CT molecular complexity index is 1340. The summed E-state index contributed by atoms with van der Waals surface area (Å²) in [7, 11) is 0. The number of anilines is 1. The van der Waals surface area contributed by atoms with Crippen molar-refractivity contribution in [3.05, 3.63) is 119 Å². The van der Waals surface area contributed by atoms with E-state index in [2.05, 4.69) is 10.00 Å². The molecule has 0 radical (unpaired) electrons. The zero-order valence-electron chi connectivity index (χ0n) is 20.8. The van der Waals surface area contributed by atoms with Crippen molar-refractivity contribution >= 4 is 17.0 Å². The Labute approximate surface area is 220 Å². The first-order chi connectivity index (χ1) is 18.1. The Kier molecular flexibility index (Phi) is 7.89. The summed E-state index contributed by atoms with van der Waals surface area (Å²) in [6.45, 7) is 4.74. The van der Waals surface area contributed by atoms with Crippen molar-refractivity contribution in [3.8, 4) is 11.4 Å². The Hall–Kier alpha value is -3.59. The van der Waals surface area contributed by atoms with Crippen molar-refractivity contribution in [2.75, 3.05) is 31.1 Å². The van der Waals surface area contributed by atoms with Gasteiger partial charge in [-0.3, -0.25) is 4.79 Å². The maximum absolute atomic E-state index is 13.6. The monoisotopic (exact) mass is 514 g/mol. The lowest BCUT2D eigenvalue weighted by Crippen LogP contribution is -2.50. The van der Waals surface area contributed by atoms with Gasteiger partial charge in [0.05, 0.1) is 25.0 Å². The number of aromatic nitrogens is 2. The topological polar surface area (TPSA) is 73.7 Å². The zero-order chi connectivity index (χ0) is 25.6. The van der Waals surface area contributed by atoms with Gasteiger partial charge >= 0.3 is 5.56 Å². The van der Waals surface area contributed by atoms with Crippen LogP contribution in [0, 0.1) is 0 Å². The van der Waals surface area contributed by atoms with Gasteiger partial charge in [-0.05, 0) is 24.6 Å². The summed E-state index contributed by atoms with van der Waals surface area (Å²) in [6, 6.07) is 29.1. The molecule has 1 fully saturated rings. The maximum atomic E-state index is 13.6. The van der Waals surface area contributed by atoms with E-state index in [1.807, 2.05) is 102 Å². The number of rotatable bonds is 8. The van der Waals surface area contributed by atoms with Crippen molar-refractivity contribution in [3.63, 3.8) is 0 Å². The smallest absolute Gasteiger partial charge is 0.316 e. The minimum Gasteiger partial charge on any atom is -0.597 e. The minimum absolute atomic E-state index is 0.0889. The van der Waals surface area contributed by atoms with Crippen LogP contribution in [0.1, 0.15) is 23.3 Å². The molecule has 1 aliphatic rings. The van der Waals surface area contributed by atoms with Gasteiger partial charge in [0.15, 0.2) is 5.25 Å². The molecule has 0 spiro atoms. The van der Waals surface area contributed by atoms with Crippen molar-refractivity contribution in [2.24, 2.45) is 0 Å². The van der Waals surface area contributed by atoms with E-state index < -0.39 is 11.4 Å². The van der Waals surface area contributed by atoms with Crippen LogP contribution in [-0.2, 0) is 18.0 Å². The summed E-state index contributed by atoms with van der Waals surface area (Å²) in [5.74, 6) is 0.273. The van der Waals surface area contributed by atoms with Gasteiger partial charge in [0.1, 0.15) is 12.3 Å². The maximum Gasteiger partial charge on any atom is 0.316 e. The lowest BCUT2D eigenvalue weighted by Gasteiger charge is -2.37. The number of ether oxygens (including phenoxy) is 1. The third-order valence-corrected chi connectivity index (χ3v) is 8.30. The van der Waals surface area contributed by atoms with Gasteiger partial charge in [-0.1, -0.05) is 78.9 Å². The van der Waals surface area contributed by atoms with Crippen molar-refractivity contribution in [2.45, 2.75) is 18.8 Å². The number of para-hydroxylation sites is 1. The predicted molar refractivity (Wildman–Crippen MR) is 147 cm³/mol. The second-order valence-corrected chi connectivity index (χ2v) is 10.7. The van der Waals surface area contributed by atoms with E-state index in [1.165, 1.54) is 4.68 Å². The molecule has 0 saturated carbocycles. The fraction of sp³-hybridized carbons (Fsp3) is 0.241. The molecule has 0 N–H and O–H groups in total. The molecule has 5 rings (SSSR count). The number of hydrogen-bond donors (Lipinski definition) is 0. The van der Waals surface area contributed by atoms with Gasteiger partial charge in [-0.25, -0.2) is 0 Å². The summed E-state index contributed by atoms with van der Waals surface area (Å²) in [4.78, 5) is 15.7. The predicted octanol–water partition coefficient (Wildman–Crippen LogP) is 4.36. The van der Waals surface area contributed by atoms with Crippen molar-refractivity contribution < 1.29 is 9.29 Å². The molecule has 2 unspecified atom stereocenters. The SMILES string of the molecule is CC(c1ccccc1)[S+]([O-])N1CCN(c2cnn(-c3ccccc3)c(=O)c2OCc2ccccc2)CC1. The molecule has 8 heteroatoms. The molecular weight excluding hydrogens is 484 g/mol. The Balaban J connectivity index is 1.36. The normalized spacial score (nSPS) is 15.8. The average molecular weight is 515 g/mol. The van der Waals surface area contributed by atoms with Crippen LogP contribution in [0.3, 0.4) is 0 Å². The van der Waals surface area contributed by atoms with E-state index in [0.29, 0.717) is 37.6 Å². The van der Waals surface area contributed by atoms with E-state index >= 15 is 0 Å². The summed E-state index contributed by atoms with van der Waals surface area (Å²) in [5, 5.41) is 4.38. The average Bonchev–Trinajstić information content (AvgIpc) is 2.97. The highest BCUT2D eigenvalue weighted by Crippen LogP contribution is 2.29. The number of hydrogen-bond acceptors (Lipinski definition) is 6. The summed E-state index contributed by atoms with van der Waals surface area (Å²) < 4.78 is 22.8. The van der Waals surface area contributed by atoms with E-state index in [-0.39, 0.29) is 23.2 Å². The Morgan fingerprint density at radius 3 is 2.14 bits per heavy atom. The second kappa shape index (κ2) is 11.6. The highest BCUT2D eigenvalue weighted by molar-refractivity contribution is 7.89. The molecule has 190 valence electrons. The molecule has 1 aliphatic heterocycles. The van der Waals surface area contributed by atoms with Crippen LogP contribution in [-0.4, -0.2) is 44.8 Å². The first-order valence-electron chi connectivity index (χ1n) is 12.4. The molecule has 0 aliphatic carbocycles. The molecule has 1 aromatic heterocycles. The van der Waals surface area contributed by atoms with Crippen LogP contribution >= 0.6 is 0 Å². The van der Waals surface area contributed by atoms with Gasteiger partial charge < -0.3 is 14.2 Å². The summed E-state index contributed by atoms with van der Waals surface area (Å²) >= 11 is -1.15. The molecule has 0 amide bonds. The number of benzene rings is 3. The van der Waals surface area contributed by atoms with Gasteiger partial charge in [0, 0.05) is 30.0 Å². The van der Waals surface area contributed by atoms with E-state index in [1.54, 1.807) is 6.20 Å². The standard InChI is InChI=1S/C29H30N4O3S/c1-23(25-13-7-3-8-14-25)37(35)32-19-17-31(18-20-32)27-21-30-33(26-15-9-4-10-16-26)29(34)28(27)36-22-24-11-5-2-6-12-24/h2-16,21,23H,17-20,22H2,1H3. The van der Waals surface area contributed by atoms with Crippen LogP contribution < -0.4 is 15.2 Å². The van der Waals surface area contributed by atoms with E-state index in [9.17, 15) is 9.35 Å². The first-order valence-corrected chi connectivity index (χ1v) is 13.6. The minimum atomic E-state index is -1.15. The van der Waals surface area contributed by atoms with E-state index in [0.717, 1.165) is 11.1 Å². The van der Waals surface area contributed by atoms with Crippen LogP contribution in [0.4, 0.5) is 5.69 Å². The molecular formula is C29H30N4O3S. The van der Waals surface area contributed by atoms with E-state index in [4.69, 9.17) is 4.74 Å². The van der Waals surface area contributed by atoms with Gasteiger partial charge in [0.25, 0.3) is 0 Å². The van der Waals surface area contributed by atoms with Crippen LogP contribution in [0.15, 0.2) is 102 Å². The Morgan fingerprint density at radius 2 is 1.49 bits per heavy atom. The van der Waals surface area contributed by atoms with Gasteiger partial charge in [0.2, 0.25) is 5.75 Å². The summed E-state index contributed by atoms with van der Waals surface area (Å²) in [6.07, 6.45) is 1.70. The number of nitrogens with zero attached hydrogens (tertiary/aromatic N) is 4. The third kappa shape index (κ3) is 5.72. The largest absolute Gasteiger partial charge is 0.597 e. The summed E-state index contributed by atoms with van der Waals surface area (Å²) in [5.41, 5.74) is 3.08. The lowest BCUT2D eigenvalue weighted by molar-refractivity contribution is 0.297. The lowest BCUT2D eigenvalue weighted by atomic mass is 10.2.